The van der Waals surface area contributed by atoms with Crippen LogP contribution in [0.4, 0.5) is 4.79 Å². The highest BCUT2D eigenvalue weighted by atomic mass is 32.2. The Hall–Kier alpha value is -4.51. The summed E-state index contributed by atoms with van der Waals surface area (Å²) in [4.78, 5) is 68.5. The first-order valence-corrected chi connectivity index (χ1v) is 24.7. The summed E-state index contributed by atoms with van der Waals surface area (Å²) in [7, 11) is -4.03. The van der Waals surface area contributed by atoms with E-state index in [1.54, 1.807) is 66.7 Å². The average Bonchev–Trinajstić information content (AvgIpc) is 3.93. The first-order chi connectivity index (χ1) is 29.4. The molecule has 1 saturated heterocycles. The van der Waals surface area contributed by atoms with E-state index in [1.807, 2.05) is 36.6 Å². The van der Waals surface area contributed by atoms with Crippen molar-refractivity contribution in [2.24, 2.45) is 17.3 Å². The molecule has 0 spiro atoms. The number of aromatic nitrogens is 3. The first-order valence-electron chi connectivity index (χ1n) is 22.3. The molecule has 3 saturated carbocycles. The standard InChI is InChI=1S/C46H65N7O8S2/c1-12-29-23-46(29,40(56)51-63(58,59)45(11)21-22-45)50-37(54)35-27(4)33(24-52(35)39(55)36(43(5,6)7)49-42(57)61-44(8,9)10)60-41-48-34-30(19-16-20-32(34)53(41)26(2)3)38-47-31(25-62-38)28-17-14-13-15-18-28/h12,16,19-20,25-29,33,35-36H,1,13-15,17-18,21-24H2,2-11H3,(H,49,57)(H,50,54)(H,51,56)/t27-,29-,33+,35+,36-,46-/m1/s1. The van der Waals surface area contributed by atoms with Crippen LogP contribution in [-0.2, 0) is 29.1 Å². The highest BCUT2D eigenvalue weighted by molar-refractivity contribution is 7.91. The number of thiazole rings is 1. The molecule has 3 aromatic rings. The van der Waals surface area contributed by atoms with Crippen LogP contribution in [0.2, 0.25) is 0 Å². The fourth-order valence-corrected chi connectivity index (χ4v) is 11.3. The number of carbonyl (C=O) groups is 4. The topological polar surface area (TPSA) is 191 Å². The Kier molecular flexibility index (Phi) is 12.4. The van der Waals surface area contributed by atoms with Crippen LogP contribution in [0.15, 0.2) is 36.2 Å². The van der Waals surface area contributed by atoms with E-state index in [9.17, 15) is 27.6 Å². The number of para-hydroxylation sites is 1. The second-order valence-electron chi connectivity index (χ2n) is 20.7. The zero-order valence-corrected chi connectivity index (χ0v) is 40.0. The molecule has 17 heteroatoms. The number of benzene rings is 1. The molecule has 6 atom stereocenters. The van der Waals surface area contributed by atoms with Gasteiger partial charge in [-0.25, -0.2) is 18.2 Å². The molecule has 63 heavy (non-hydrogen) atoms. The minimum absolute atomic E-state index is 0.0666. The van der Waals surface area contributed by atoms with Crippen molar-refractivity contribution in [3.63, 3.8) is 0 Å². The lowest BCUT2D eigenvalue weighted by molar-refractivity contribution is -0.143. The van der Waals surface area contributed by atoms with Crippen LogP contribution in [0.3, 0.4) is 0 Å². The zero-order valence-electron chi connectivity index (χ0n) is 38.4. The number of hydrogen-bond acceptors (Lipinski definition) is 11. The van der Waals surface area contributed by atoms with Gasteiger partial charge >= 0.3 is 6.09 Å². The Morgan fingerprint density at radius 1 is 1.03 bits per heavy atom. The van der Waals surface area contributed by atoms with Gasteiger partial charge in [-0.15, -0.1) is 17.9 Å². The van der Waals surface area contributed by atoms with E-state index in [4.69, 9.17) is 19.4 Å². The first kappa shape index (κ1) is 46.5. The summed E-state index contributed by atoms with van der Waals surface area (Å²) in [6.45, 7) is 21.8. The second kappa shape index (κ2) is 16.8. The van der Waals surface area contributed by atoms with Gasteiger partial charge in [0.2, 0.25) is 21.8 Å². The number of hydrogen-bond donors (Lipinski definition) is 3. The molecule has 3 heterocycles. The lowest BCUT2D eigenvalue weighted by Gasteiger charge is -2.36. The molecule has 0 unspecified atom stereocenters. The van der Waals surface area contributed by atoms with E-state index in [0.29, 0.717) is 24.8 Å². The molecule has 3 N–H and O–H groups in total. The van der Waals surface area contributed by atoms with Crippen molar-refractivity contribution in [2.75, 3.05) is 6.54 Å². The Morgan fingerprint density at radius 2 is 1.71 bits per heavy atom. The van der Waals surface area contributed by atoms with Gasteiger partial charge in [-0.3, -0.25) is 23.7 Å². The predicted octanol–water partition coefficient (Wildman–Crippen LogP) is 7.38. The Bertz CT molecular complexity index is 2380. The van der Waals surface area contributed by atoms with Gasteiger partial charge in [0.15, 0.2) is 0 Å². The predicted molar refractivity (Wildman–Crippen MR) is 243 cm³/mol. The minimum atomic E-state index is -4.03. The molecule has 344 valence electrons. The monoisotopic (exact) mass is 907 g/mol. The molecule has 4 aliphatic rings. The quantitative estimate of drug-likeness (QED) is 0.146. The van der Waals surface area contributed by atoms with Crippen molar-refractivity contribution in [2.45, 2.75) is 167 Å². The molecule has 4 amide bonds. The smallest absolute Gasteiger partial charge is 0.408 e. The van der Waals surface area contributed by atoms with Gasteiger partial charge in [0.1, 0.15) is 39.9 Å². The van der Waals surface area contributed by atoms with Gasteiger partial charge in [0.05, 0.1) is 22.5 Å². The number of amides is 4. The van der Waals surface area contributed by atoms with Crippen LogP contribution in [-0.4, -0.2) is 92.3 Å². The van der Waals surface area contributed by atoms with E-state index in [0.717, 1.165) is 40.1 Å². The van der Waals surface area contributed by atoms with Crippen LogP contribution < -0.4 is 20.1 Å². The van der Waals surface area contributed by atoms with Gasteiger partial charge < -0.3 is 25.0 Å². The van der Waals surface area contributed by atoms with E-state index >= 15 is 0 Å². The van der Waals surface area contributed by atoms with E-state index in [-0.39, 0.29) is 19.0 Å². The maximum absolute atomic E-state index is 14.9. The lowest BCUT2D eigenvalue weighted by atomic mass is 9.85. The van der Waals surface area contributed by atoms with Crippen molar-refractivity contribution in [1.29, 1.82) is 0 Å². The average molecular weight is 908 g/mol. The maximum atomic E-state index is 14.9. The SMILES string of the molecule is C=C[C@@H]1C[C@]1(NC(=O)[C@@H]1[C@H](C)[C@@H](Oc2nc3c(-c4nc(C5CCCCC5)cs4)cccc3n2C(C)C)CN1C(=O)[C@@H](NC(=O)OC(C)(C)C)C(C)(C)C)C(=O)NS(=O)(=O)C1(C)CC1. The number of nitrogens with one attached hydrogen (secondary N) is 3. The number of carbonyl (C=O) groups excluding carboxylic acids is 4. The zero-order chi connectivity index (χ0) is 46.0. The molecule has 1 aliphatic heterocycles. The Morgan fingerprint density at radius 3 is 2.30 bits per heavy atom. The number of imidazole rings is 1. The van der Waals surface area contributed by atoms with Crippen LogP contribution >= 0.6 is 11.3 Å². The number of likely N-dealkylation sites (tertiary alicyclic amines) is 1. The fourth-order valence-electron chi connectivity index (χ4n) is 9.04. The third kappa shape index (κ3) is 9.23. The molecule has 1 aromatic carbocycles. The molecule has 15 nitrogen and oxygen atoms in total. The summed E-state index contributed by atoms with van der Waals surface area (Å²) in [6.07, 6.45) is 6.88. The molecular weight excluding hydrogens is 843 g/mol. The number of fused-ring (bicyclic) bond motifs is 1. The van der Waals surface area contributed by atoms with Crippen molar-refractivity contribution in [3.05, 3.63) is 41.9 Å². The maximum Gasteiger partial charge on any atom is 0.408 e. The normalized spacial score (nSPS) is 25.3. The molecular formula is C46H65N7O8S2. The second-order valence-corrected chi connectivity index (χ2v) is 23.8. The van der Waals surface area contributed by atoms with Gasteiger partial charge in [0.25, 0.3) is 11.9 Å². The summed E-state index contributed by atoms with van der Waals surface area (Å²) in [5.41, 5.74) is 0.298. The highest BCUT2D eigenvalue weighted by Gasteiger charge is 2.63. The van der Waals surface area contributed by atoms with Crippen molar-refractivity contribution in [1.82, 2.24) is 34.8 Å². The minimum Gasteiger partial charge on any atom is -0.459 e. The van der Waals surface area contributed by atoms with Crippen molar-refractivity contribution in [3.8, 4) is 16.6 Å². The van der Waals surface area contributed by atoms with Gasteiger partial charge in [0, 0.05) is 34.7 Å². The molecule has 3 aliphatic carbocycles. The molecule has 0 radical (unpaired) electrons. The summed E-state index contributed by atoms with van der Waals surface area (Å²) in [6, 6.07) is 3.87. The lowest BCUT2D eigenvalue weighted by Crippen LogP contribution is -2.61. The van der Waals surface area contributed by atoms with Crippen LogP contribution in [0, 0.1) is 17.3 Å². The molecule has 7 rings (SSSR count). The van der Waals surface area contributed by atoms with Crippen LogP contribution in [0.1, 0.15) is 138 Å². The van der Waals surface area contributed by atoms with E-state index in [1.165, 1.54) is 30.2 Å². The third-order valence-corrected chi connectivity index (χ3v) is 16.3. The number of alkyl carbamates (subject to hydrolysis) is 1. The summed E-state index contributed by atoms with van der Waals surface area (Å²) < 4.78 is 42.0. The van der Waals surface area contributed by atoms with Crippen molar-refractivity contribution >= 4 is 56.2 Å². The fraction of sp³-hybridized carbons (Fsp3) is 0.652. The van der Waals surface area contributed by atoms with Gasteiger partial charge in [-0.2, -0.15) is 4.98 Å². The number of nitrogens with zero attached hydrogens (tertiary/aromatic N) is 4. The summed E-state index contributed by atoms with van der Waals surface area (Å²) >= 11 is 1.61. The van der Waals surface area contributed by atoms with Gasteiger partial charge in [-0.05, 0) is 91.2 Å². The molecule has 2 aromatic heterocycles. The highest BCUT2D eigenvalue weighted by Crippen LogP contribution is 2.48. The largest absolute Gasteiger partial charge is 0.459 e. The van der Waals surface area contributed by atoms with Crippen LogP contribution in [0.5, 0.6) is 6.01 Å². The van der Waals surface area contributed by atoms with E-state index < -0.39 is 85.2 Å². The van der Waals surface area contributed by atoms with Crippen molar-refractivity contribution < 1.29 is 37.1 Å². The summed E-state index contributed by atoms with van der Waals surface area (Å²) in [5, 5.41) is 8.69. The third-order valence-electron chi connectivity index (χ3n) is 13.2. The summed E-state index contributed by atoms with van der Waals surface area (Å²) in [5.74, 6) is -2.84. The molecule has 4 fully saturated rings. The number of rotatable bonds is 13. The van der Waals surface area contributed by atoms with Crippen LogP contribution in [0.25, 0.3) is 21.6 Å². The number of sulfonamides is 1. The van der Waals surface area contributed by atoms with E-state index in [2.05, 4.69) is 27.3 Å². The Labute approximate surface area is 375 Å². The van der Waals surface area contributed by atoms with Gasteiger partial charge in [-0.1, -0.05) is 59.1 Å². The Balaban J connectivity index is 1.23. The number of ether oxygens (including phenoxy) is 2. The molecule has 0 bridgehead atoms.